The summed E-state index contributed by atoms with van der Waals surface area (Å²) < 4.78 is 0. The van der Waals surface area contributed by atoms with Crippen molar-refractivity contribution in [2.24, 2.45) is 0 Å². The molecule has 0 spiro atoms. The lowest BCUT2D eigenvalue weighted by Crippen LogP contribution is -2.11. The number of benzene rings is 2. The predicted molar refractivity (Wildman–Crippen MR) is 72.6 cm³/mol. The van der Waals surface area contributed by atoms with Crippen LogP contribution in [0.25, 0.3) is 0 Å². The van der Waals surface area contributed by atoms with E-state index in [1.54, 1.807) is 0 Å². The van der Waals surface area contributed by atoms with Crippen LogP contribution in [0.15, 0.2) is 66.9 Å². The Bertz CT molecular complexity index is 557. The summed E-state index contributed by atoms with van der Waals surface area (Å²) in [7, 11) is 0. The summed E-state index contributed by atoms with van der Waals surface area (Å²) in [5.41, 5.74) is 4.96. The molecule has 0 bridgehead atoms. The van der Waals surface area contributed by atoms with E-state index in [9.17, 15) is 0 Å². The number of para-hydroxylation sites is 2. The quantitative estimate of drug-likeness (QED) is 0.687. The molecule has 1 heterocycles. The molecule has 84 valence electrons. The lowest BCUT2D eigenvalue weighted by Gasteiger charge is -2.21. The first-order valence-electron chi connectivity index (χ1n) is 5.92. The van der Waals surface area contributed by atoms with Gasteiger partial charge in [0.05, 0.1) is 0 Å². The molecule has 0 aromatic heterocycles. The van der Waals surface area contributed by atoms with Gasteiger partial charge in [-0.05, 0) is 23.8 Å². The van der Waals surface area contributed by atoms with Gasteiger partial charge in [0.2, 0.25) is 0 Å². The van der Waals surface area contributed by atoms with Gasteiger partial charge in [0, 0.05) is 23.0 Å². The highest BCUT2D eigenvalue weighted by molar-refractivity contribution is 5.77. The fraction of sp³-hybridized carbons (Fsp3) is 0.125. The summed E-state index contributed by atoms with van der Waals surface area (Å²) in [5.74, 6) is 0.395. The normalized spacial score (nSPS) is 18.3. The van der Waals surface area contributed by atoms with Crippen LogP contribution in [0.4, 0.5) is 11.4 Å². The van der Waals surface area contributed by atoms with E-state index in [0.29, 0.717) is 5.92 Å². The molecule has 1 atom stereocenters. The molecule has 0 aliphatic carbocycles. The van der Waals surface area contributed by atoms with Gasteiger partial charge < -0.3 is 4.90 Å². The van der Waals surface area contributed by atoms with Gasteiger partial charge in [-0.3, -0.25) is 0 Å². The number of hydrogen-bond acceptors (Lipinski definition) is 1. The molecule has 0 N–H and O–H groups in total. The van der Waals surface area contributed by atoms with Crippen LogP contribution in [0.5, 0.6) is 0 Å². The van der Waals surface area contributed by atoms with Gasteiger partial charge in [-0.1, -0.05) is 49.9 Å². The van der Waals surface area contributed by atoms with Crippen molar-refractivity contribution in [3.63, 3.8) is 0 Å². The van der Waals surface area contributed by atoms with Crippen molar-refractivity contribution in [2.75, 3.05) is 4.90 Å². The van der Waals surface area contributed by atoms with E-state index < -0.39 is 0 Å². The van der Waals surface area contributed by atoms with E-state index >= 15 is 0 Å². The van der Waals surface area contributed by atoms with Crippen LogP contribution in [-0.2, 0) is 0 Å². The Balaban J connectivity index is 2.16. The van der Waals surface area contributed by atoms with Gasteiger partial charge in [-0.2, -0.15) is 0 Å². The molecule has 1 aliphatic rings. The molecule has 2 aromatic rings. The molecule has 0 saturated heterocycles. The second-order valence-corrected chi connectivity index (χ2v) is 4.44. The van der Waals surface area contributed by atoms with Gasteiger partial charge in [0.1, 0.15) is 0 Å². The maximum absolute atomic E-state index is 4.23. The van der Waals surface area contributed by atoms with Crippen molar-refractivity contribution in [3.8, 4) is 0 Å². The molecule has 2 aromatic carbocycles. The van der Waals surface area contributed by atoms with Crippen molar-refractivity contribution in [2.45, 2.75) is 12.8 Å². The number of anilines is 2. The third kappa shape index (κ3) is 1.47. The summed E-state index contributed by atoms with van der Waals surface area (Å²) >= 11 is 0. The van der Waals surface area contributed by atoms with Crippen LogP contribution in [0.1, 0.15) is 18.4 Å². The van der Waals surface area contributed by atoms with E-state index in [-0.39, 0.29) is 0 Å². The molecule has 3 rings (SSSR count). The Hall–Kier alpha value is -2.02. The third-order valence-corrected chi connectivity index (χ3v) is 3.45. The van der Waals surface area contributed by atoms with Crippen molar-refractivity contribution in [1.82, 2.24) is 0 Å². The van der Waals surface area contributed by atoms with E-state index in [1.165, 1.54) is 16.9 Å². The van der Waals surface area contributed by atoms with Crippen molar-refractivity contribution >= 4 is 11.4 Å². The molecular formula is C16H15N. The average Bonchev–Trinajstić information content (AvgIpc) is 2.64. The monoisotopic (exact) mass is 221 g/mol. The summed E-state index contributed by atoms with van der Waals surface area (Å²) in [5, 5.41) is 0. The van der Waals surface area contributed by atoms with Gasteiger partial charge in [0.25, 0.3) is 0 Å². The van der Waals surface area contributed by atoms with Crippen molar-refractivity contribution in [3.05, 3.63) is 72.4 Å². The van der Waals surface area contributed by atoms with Crippen LogP contribution in [0.3, 0.4) is 0 Å². The van der Waals surface area contributed by atoms with Gasteiger partial charge in [-0.25, -0.2) is 0 Å². The zero-order valence-electron chi connectivity index (χ0n) is 9.93. The van der Waals surface area contributed by atoms with Crippen LogP contribution in [-0.4, -0.2) is 0 Å². The molecule has 0 saturated carbocycles. The zero-order chi connectivity index (χ0) is 11.8. The number of rotatable bonds is 1. The van der Waals surface area contributed by atoms with Crippen LogP contribution in [0.2, 0.25) is 0 Å². The second-order valence-electron chi connectivity index (χ2n) is 4.44. The maximum Gasteiger partial charge on any atom is 0.0497 e. The minimum atomic E-state index is 0.395. The standard InChI is InChI=1S/C16H15N/c1-12-13(2)17(14-8-4-3-5-9-14)16-11-7-6-10-15(12)16/h3-12H,2H2,1H3. The summed E-state index contributed by atoms with van der Waals surface area (Å²) in [6.07, 6.45) is 0. The first-order chi connectivity index (χ1) is 8.29. The first-order valence-corrected chi connectivity index (χ1v) is 5.92. The fourth-order valence-electron chi connectivity index (χ4n) is 2.47. The van der Waals surface area contributed by atoms with Crippen molar-refractivity contribution < 1.29 is 0 Å². The van der Waals surface area contributed by atoms with Gasteiger partial charge in [-0.15, -0.1) is 0 Å². The minimum Gasteiger partial charge on any atom is -0.314 e. The van der Waals surface area contributed by atoms with Crippen LogP contribution >= 0.6 is 0 Å². The molecule has 1 aliphatic heterocycles. The van der Waals surface area contributed by atoms with E-state index in [0.717, 1.165) is 5.70 Å². The lowest BCUT2D eigenvalue weighted by molar-refractivity contribution is 0.927. The number of fused-ring (bicyclic) bond motifs is 1. The first kappa shape index (κ1) is 10.2. The van der Waals surface area contributed by atoms with Gasteiger partial charge in [0.15, 0.2) is 0 Å². The summed E-state index contributed by atoms with van der Waals surface area (Å²) in [4.78, 5) is 2.25. The average molecular weight is 221 g/mol. The summed E-state index contributed by atoms with van der Waals surface area (Å²) in [6, 6.07) is 18.9. The molecule has 17 heavy (non-hydrogen) atoms. The van der Waals surface area contributed by atoms with E-state index in [1.807, 2.05) is 6.07 Å². The summed E-state index contributed by atoms with van der Waals surface area (Å²) in [6.45, 7) is 6.45. The topological polar surface area (TPSA) is 3.24 Å². The maximum atomic E-state index is 4.23. The van der Waals surface area contributed by atoms with E-state index in [2.05, 4.69) is 66.9 Å². The molecule has 1 heteroatoms. The van der Waals surface area contributed by atoms with Crippen molar-refractivity contribution in [1.29, 1.82) is 0 Å². The smallest absolute Gasteiger partial charge is 0.0497 e. The number of nitrogens with zero attached hydrogens (tertiary/aromatic N) is 1. The Morgan fingerprint density at radius 3 is 2.35 bits per heavy atom. The highest BCUT2D eigenvalue weighted by Gasteiger charge is 2.29. The highest BCUT2D eigenvalue weighted by Crippen LogP contribution is 2.46. The molecule has 1 nitrogen and oxygen atoms in total. The third-order valence-electron chi connectivity index (χ3n) is 3.45. The second kappa shape index (κ2) is 3.77. The predicted octanol–water partition coefficient (Wildman–Crippen LogP) is 4.46. The molecule has 1 unspecified atom stereocenters. The molecule has 0 radical (unpaired) electrons. The lowest BCUT2D eigenvalue weighted by atomic mass is 10.0. The largest absolute Gasteiger partial charge is 0.314 e. The molecule has 0 amide bonds. The Kier molecular flexibility index (Phi) is 2.25. The van der Waals surface area contributed by atoms with Crippen LogP contribution in [0, 0.1) is 0 Å². The number of allylic oxidation sites excluding steroid dienone is 1. The Morgan fingerprint density at radius 2 is 1.59 bits per heavy atom. The zero-order valence-corrected chi connectivity index (χ0v) is 9.93. The minimum absolute atomic E-state index is 0.395. The SMILES string of the molecule is C=C1C(C)c2ccccc2N1c1ccccc1. The Labute approximate surface area is 102 Å². The fourth-order valence-corrected chi connectivity index (χ4v) is 2.47. The highest BCUT2D eigenvalue weighted by atomic mass is 15.2. The number of hydrogen-bond donors (Lipinski definition) is 0. The van der Waals surface area contributed by atoms with Crippen LogP contribution < -0.4 is 4.90 Å². The van der Waals surface area contributed by atoms with E-state index in [4.69, 9.17) is 0 Å². The Morgan fingerprint density at radius 1 is 0.941 bits per heavy atom. The molecule has 0 fully saturated rings. The molecular weight excluding hydrogens is 206 g/mol. The van der Waals surface area contributed by atoms with Gasteiger partial charge >= 0.3 is 0 Å².